The van der Waals surface area contributed by atoms with E-state index in [-0.39, 0.29) is 51.5 Å². The molecule has 0 saturated carbocycles. The molecule has 0 fully saturated rings. The second-order valence-electron chi connectivity index (χ2n) is 8.77. The van der Waals surface area contributed by atoms with E-state index in [2.05, 4.69) is 0 Å². The van der Waals surface area contributed by atoms with Crippen LogP contribution in [-0.2, 0) is 0 Å². The van der Waals surface area contributed by atoms with E-state index in [1.165, 1.54) is 0 Å². The maximum absolute atomic E-state index is 9.42. The molecule has 0 amide bonds. The minimum absolute atomic E-state index is 0.0848. The Kier molecular flexibility index (Phi) is 2.09. The summed E-state index contributed by atoms with van der Waals surface area (Å²) in [6.45, 7) is 0. The van der Waals surface area contributed by atoms with E-state index < -0.39 is 166 Å². The monoisotopic (exact) mass is 564 g/mol. The highest BCUT2D eigenvalue weighted by atomic mass is 32.1. The summed E-state index contributed by atoms with van der Waals surface area (Å²) in [5.74, 6) is 0. The van der Waals surface area contributed by atoms with E-state index in [1.807, 2.05) is 0 Å². The van der Waals surface area contributed by atoms with Gasteiger partial charge in [-0.05, 0) is 44.8 Å². The van der Waals surface area contributed by atoms with Crippen molar-refractivity contribution in [1.29, 1.82) is 0 Å². The molecule has 0 N–H and O–H groups in total. The molecule has 0 aliphatic rings. The van der Waals surface area contributed by atoms with Crippen molar-refractivity contribution in [2.45, 2.75) is 0 Å². The Morgan fingerprint density at radius 2 is 0.650 bits per heavy atom. The van der Waals surface area contributed by atoms with E-state index >= 15 is 0 Å². The smallest absolute Gasteiger partial charge is 0.0638 e. The number of thiophene rings is 2. The lowest BCUT2D eigenvalue weighted by molar-refractivity contribution is 1.71. The third-order valence-electron chi connectivity index (χ3n) is 6.75. The van der Waals surface area contributed by atoms with E-state index in [1.54, 1.807) is 0 Å². The van der Waals surface area contributed by atoms with E-state index in [4.69, 9.17) is 21.9 Å². The van der Waals surface area contributed by atoms with Gasteiger partial charge in [-0.15, -0.1) is 22.7 Å². The molecule has 2 aromatic heterocycles. The molecule has 9 rings (SSSR count). The predicted octanol–water partition coefficient (Wildman–Crippen LogP) is 12.1. The van der Waals surface area contributed by atoms with Crippen molar-refractivity contribution in [3.05, 3.63) is 133 Å². The Morgan fingerprint density at radius 1 is 0.325 bits per heavy atom. The van der Waals surface area contributed by atoms with Crippen molar-refractivity contribution >= 4 is 84.6 Å². The Morgan fingerprint density at radius 3 is 1.05 bits per heavy atom. The van der Waals surface area contributed by atoms with Crippen LogP contribution in [0.2, 0.25) is 0 Å². The average Bonchev–Trinajstić information content (AvgIpc) is 3.85. The molecule has 0 nitrogen and oxygen atoms in total. The van der Waals surface area contributed by atoms with Crippen LogP contribution in [-0.4, -0.2) is 0 Å². The number of benzene rings is 7. The first kappa shape index (κ1) is 9.85. The van der Waals surface area contributed by atoms with Crippen molar-refractivity contribution in [3.63, 3.8) is 0 Å². The van der Waals surface area contributed by atoms with Gasteiger partial charge in [0.1, 0.15) is 0 Å². The topological polar surface area (TPSA) is 0 Å². The SMILES string of the molecule is [2H]c1c([2H])c([2H])c2c(sc3c(-c4c5c([2H])c([2H])c([2H])c([2H])c5c(-c5c([2H])c([2H])c([2H])c6c5sc5c([2H])c([2H])c([2H])c([2H])c56)c5c([2H])c([2H])c([2H])c([2H])c45)c([2H])c([2H])c([2H])c32)c1[2H]. The molecule has 2 heterocycles. The van der Waals surface area contributed by atoms with Crippen LogP contribution in [0.15, 0.2) is 133 Å². The van der Waals surface area contributed by atoms with Gasteiger partial charge in [-0.1, -0.05) is 121 Å². The highest BCUT2D eigenvalue weighted by molar-refractivity contribution is 7.26. The molecule has 0 bridgehead atoms. The zero-order valence-electron chi connectivity index (χ0n) is 41.8. The third-order valence-corrected chi connectivity index (χ3v) is 8.99. The summed E-state index contributed by atoms with van der Waals surface area (Å²) >= 11 is 1.39. The second-order valence-corrected chi connectivity index (χ2v) is 10.8. The van der Waals surface area contributed by atoms with Crippen LogP contribution in [0.4, 0.5) is 0 Å². The maximum atomic E-state index is 9.42. The molecule has 0 spiro atoms. The third kappa shape index (κ3) is 3.06. The van der Waals surface area contributed by atoms with Gasteiger partial charge in [-0.3, -0.25) is 0 Å². The van der Waals surface area contributed by atoms with Gasteiger partial charge in [0.2, 0.25) is 0 Å². The van der Waals surface area contributed by atoms with Crippen LogP contribution in [0.1, 0.15) is 30.2 Å². The molecule has 0 atom stereocenters. The molecule has 0 aliphatic heterocycles. The lowest BCUT2D eigenvalue weighted by atomic mass is 9.85. The largest absolute Gasteiger partial charge is 0.135 e. The van der Waals surface area contributed by atoms with E-state index in [0.29, 0.717) is 22.7 Å². The molecule has 0 aliphatic carbocycles. The van der Waals surface area contributed by atoms with Crippen LogP contribution in [0.25, 0.3) is 84.1 Å². The number of rotatable bonds is 2. The van der Waals surface area contributed by atoms with Gasteiger partial charge in [0.05, 0.1) is 30.2 Å². The summed E-state index contributed by atoms with van der Waals surface area (Å²) in [5, 5.41) is -2.76. The number of fused-ring (bicyclic) bond motifs is 8. The zero-order valence-corrected chi connectivity index (χ0v) is 21.4. The lowest BCUT2D eigenvalue weighted by Gasteiger charge is -2.18. The Hall–Kier alpha value is -4.50. The van der Waals surface area contributed by atoms with Crippen LogP contribution in [0, 0.1) is 0 Å². The highest BCUT2D eigenvalue weighted by Gasteiger charge is 2.20. The molecule has 2 heteroatoms. The minimum atomic E-state index is -0.846. The molecule has 186 valence electrons. The van der Waals surface area contributed by atoms with Crippen LogP contribution in [0.5, 0.6) is 0 Å². The Labute approximate surface area is 270 Å². The molecular formula is C38H22S2. The average molecular weight is 565 g/mol. The van der Waals surface area contributed by atoms with Crippen LogP contribution < -0.4 is 0 Å². The second kappa shape index (κ2) is 8.50. The van der Waals surface area contributed by atoms with Crippen LogP contribution >= 0.6 is 22.7 Å². The summed E-state index contributed by atoms with van der Waals surface area (Å²) in [6, 6.07) is -15.6. The maximum Gasteiger partial charge on any atom is 0.0638 e. The fourth-order valence-electron chi connectivity index (χ4n) is 5.13. The van der Waals surface area contributed by atoms with Gasteiger partial charge in [0.25, 0.3) is 0 Å². The molecule has 0 saturated heterocycles. The first-order valence-corrected chi connectivity index (χ1v) is 13.4. The Balaban J connectivity index is 1.67. The first-order valence-electron chi connectivity index (χ1n) is 22.8. The predicted molar refractivity (Wildman–Crippen MR) is 178 cm³/mol. The molecular weight excluding hydrogens is 521 g/mol. The summed E-state index contributed by atoms with van der Waals surface area (Å²) in [6.07, 6.45) is 0. The number of hydrogen-bond acceptors (Lipinski definition) is 2. The Bertz CT molecular complexity index is 3340. The van der Waals surface area contributed by atoms with Crippen molar-refractivity contribution < 1.29 is 30.2 Å². The zero-order chi connectivity index (χ0) is 45.4. The quantitative estimate of drug-likeness (QED) is 0.183. The van der Waals surface area contributed by atoms with Crippen molar-refractivity contribution in [2.24, 2.45) is 0 Å². The van der Waals surface area contributed by atoms with Gasteiger partial charge in [0.15, 0.2) is 0 Å². The molecule has 0 unspecified atom stereocenters. The van der Waals surface area contributed by atoms with Gasteiger partial charge >= 0.3 is 0 Å². The molecule has 9 aromatic rings. The van der Waals surface area contributed by atoms with E-state index in [0.717, 1.165) is 0 Å². The van der Waals surface area contributed by atoms with E-state index in [9.17, 15) is 8.22 Å². The highest BCUT2D eigenvalue weighted by Crippen LogP contribution is 2.49. The summed E-state index contributed by atoms with van der Waals surface area (Å²) in [5.41, 5.74) is -1.66. The standard InChI is InChI=1S/C38H22S2/c1-2-14-26-25(13-1)35(31-19-9-17-29-23-11-5-7-21-33(23)39-37(29)31)27-15-3-4-16-28(27)36(26)32-20-10-18-30-24-12-6-8-22-34(24)40-38(30)32/h1-22H/i1D,2D,3D,4D,5D,6D,7D,8D,9D,10D,11D,12D,13D,14D,15D,16D,17D,18D,19D,20D,21D,22D. The molecule has 0 radical (unpaired) electrons. The van der Waals surface area contributed by atoms with Crippen molar-refractivity contribution in [2.75, 3.05) is 0 Å². The van der Waals surface area contributed by atoms with Gasteiger partial charge in [-0.25, -0.2) is 0 Å². The summed E-state index contributed by atoms with van der Waals surface area (Å²) in [7, 11) is 0. The van der Waals surface area contributed by atoms with Crippen molar-refractivity contribution in [1.82, 2.24) is 0 Å². The van der Waals surface area contributed by atoms with Gasteiger partial charge in [-0.2, -0.15) is 0 Å². The lowest BCUT2D eigenvalue weighted by Crippen LogP contribution is -1.91. The van der Waals surface area contributed by atoms with Gasteiger partial charge < -0.3 is 0 Å². The van der Waals surface area contributed by atoms with Gasteiger partial charge in [0, 0.05) is 51.5 Å². The minimum Gasteiger partial charge on any atom is -0.135 e. The van der Waals surface area contributed by atoms with Crippen molar-refractivity contribution in [3.8, 4) is 22.3 Å². The summed E-state index contributed by atoms with van der Waals surface area (Å²) < 4.78 is 196. The fourth-order valence-corrected chi connectivity index (χ4v) is 7.28. The first-order chi connectivity index (χ1) is 29.0. The van der Waals surface area contributed by atoms with Crippen LogP contribution in [0.3, 0.4) is 0 Å². The normalized spacial score (nSPS) is 19.7. The molecule has 40 heavy (non-hydrogen) atoms. The molecule has 7 aromatic carbocycles. The summed E-state index contributed by atoms with van der Waals surface area (Å²) in [4.78, 5) is 0. The number of hydrogen-bond donors (Lipinski definition) is 0. The fraction of sp³-hybridized carbons (Fsp3) is 0.